The Labute approximate surface area is 151 Å². The van der Waals surface area contributed by atoms with Crippen molar-refractivity contribution in [3.63, 3.8) is 0 Å². The van der Waals surface area contributed by atoms with E-state index in [1.165, 1.54) is 16.8 Å². The fraction of sp³-hybridized carbons (Fsp3) is 0.500. The summed E-state index contributed by atoms with van der Waals surface area (Å²) in [4.78, 5) is 14.1. The molecule has 134 valence electrons. The molecule has 1 saturated heterocycles. The summed E-state index contributed by atoms with van der Waals surface area (Å²) in [5.41, 5.74) is 3.73. The van der Waals surface area contributed by atoms with Crippen molar-refractivity contribution >= 4 is 17.3 Å². The normalized spacial score (nSPS) is 15.4. The van der Waals surface area contributed by atoms with Crippen LogP contribution in [0, 0.1) is 13.8 Å². The number of hydrogen-bond donors (Lipinski definition) is 1. The first-order valence-corrected chi connectivity index (χ1v) is 9.29. The van der Waals surface area contributed by atoms with Crippen LogP contribution in [0.25, 0.3) is 0 Å². The number of anilines is 3. The third-order valence-corrected chi connectivity index (χ3v) is 4.96. The average molecular weight is 339 g/mol. The number of nitrogens with zero attached hydrogens (tertiary/aromatic N) is 4. The van der Waals surface area contributed by atoms with Crippen molar-refractivity contribution in [3.05, 3.63) is 41.2 Å². The minimum atomic E-state index is 0.810. The van der Waals surface area contributed by atoms with Gasteiger partial charge in [-0.05, 0) is 37.9 Å². The van der Waals surface area contributed by atoms with E-state index < -0.39 is 0 Å². The summed E-state index contributed by atoms with van der Waals surface area (Å²) in [6.07, 6.45) is 1.000. The lowest BCUT2D eigenvalue weighted by atomic mass is 10.1. The number of nitrogens with one attached hydrogen (secondary N) is 1. The van der Waals surface area contributed by atoms with Crippen LogP contribution in [0.4, 0.5) is 17.3 Å². The van der Waals surface area contributed by atoms with E-state index in [0.29, 0.717) is 0 Å². The summed E-state index contributed by atoms with van der Waals surface area (Å²) < 4.78 is 0. The van der Waals surface area contributed by atoms with Gasteiger partial charge < -0.3 is 15.1 Å². The van der Waals surface area contributed by atoms with Crippen LogP contribution in [-0.2, 0) is 6.42 Å². The molecule has 1 aliphatic rings. The van der Waals surface area contributed by atoms with Crippen molar-refractivity contribution < 1.29 is 0 Å². The van der Waals surface area contributed by atoms with Crippen LogP contribution in [0.15, 0.2) is 24.3 Å². The molecular formula is C20H29N5. The first-order chi connectivity index (χ1) is 12.1. The van der Waals surface area contributed by atoms with E-state index in [0.717, 1.165) is 56.6 Å². The van der Waals surface area contributed by atoms with E-state index in [4.69, 9.17) is 0 Å². The number of rotatable bonds is 5. The largest absolute Gasteiger partial charge is 0.354 e. The number of benzene rings is 1. The van der Waals surface area contributed by atoms with E-state index in [2.05, 4.69) is 70.1 Å². The summed E-state index contributed by atoms with van der Waals surface area (Å²) in [7, 11) is 0. The molecule has 0 radical (unpaired) electrons. The van der Waals surface area contributed by atoms with Gasteiger partial charge in [-0.1, -0.05) is 32.0 Å². The molecule has 0 spiro atoms. The minimum Gasteiger partial charge on any atom is -0.354 e. The number of likely N-dealkylation sites (N-methyl/N-ethyl adjacent to an activating group) is 1. The number of para-hydroxylation sites is 1. The number of piperazine rings is 1. The van der Waals surface area contributed by atoms with Crippen LogP contribution in [0.1, 0.15) is 30.8 Å². The standard InChI is InChI=1S/C20H29N5/c1-5-17-9-7-8-15(3)20(17)23-18-14-19(22-16(4)21-18)25-12-10-24(6-2)11-13-25/h7-9,14H,5-6,10-13H2,1-4H3,(H,21,22,23). The van der Waals surface area contributed by atoms with Crippen LogP contribution in [0.5, 0.6) is 0 Å². The zero-order valence-electron chi connectivity index (χ0n) is 15.8. The van der Waals surface area contributed by atoms with Crippen molar-refractivity contribution in [3.8, 4) is 0 Å². The topological polar surface area (TPSA) is 44.3 Å². The molecule has 3 rings (SSSR count). The zero-order valence-corrected chi connectivity index (χ0v) is 15.8. The third kappa shape index (κ3) is 4.10. The van der Waals surface area contributed by atoms with Gasteiger partial charge in [-0.3, -0.25) is 0 Å². The maximum absolute atomic E-state index is 4.67. The summed E-state index contributed by atoms with van der Waals surface area (Å²) in [6, 6.07) is 8.51. The molecule has 5 nitrogen and oxygen atoms in total. The molecule has 1 fully saturated rings. The predicted octanol–water partition coefficient (Wildman–Crippen LogP) is 3.54. The second kappa shape index (κ2) is 7.83. The van der Waals surface area contributed by atoms with Gasteiger partial charge in [-0.2, -0.15) is 0 Å². The summed E-state index contributed by atoms with van der Waals surface area (Å²) >= 11 is 0. The van der Waals surface area contributed by atoms with E-state index >= 15 is 0 Å². The Morgan fingerprint density at radius 2 is 1.80 bits per heavy atom. The summed E-state index contributed by atoms with van der Waals surface area (Å²) in [5.74, 6) is 2.71. The zero-order chi connectivity index (χ0) is 17.8. The molecule has 0 aliphatic carbocycles. The second-order valence-electron chi connectivity index (χ2n) is 6.67. The molecular weight excluding hydrogens is 310 g/mol. The van der Waals surface area contributed by atoms with Crippen molar-refractivity contribution in [2.75, 3.05) is 42.9 Å². The fourth-order valence-electron chi connectivity index (χ4n) is 3.40. The lowest BCUT2D eigenvalue weighted by Crippen LogP contribution is -2.46. The lowest BCUT2D eigenvalue weighted by molar-refractivity contribution is 0.270. The molecule has 5 heteroatoms. The van der Waals surface area contributed by atoms with Gasteiger partial charge in [0, 0.05) is 37.9 Å². The highest BCUT2D eigenvalue weighted by Gasteiger charge is 2.18. The van der Waals surface area contributed by atoms with Gasteiger partial charge in [-0.25, -0.2) is 9.97 Å². The van der Waals surface area contributed by atoms with Crippen molar-refractivity contribution in [2.24, 2.45) is 0 Å². The van der Waals surface area contributed by atoms with Crippen LogP contribution in [0.3, 0.4) is 0 Å². The number of hydrogen-bond acceptors (Lipinski definition) is 5. The molecule has 1 aromatic carbocycles. The Bertz CT molecular complexity index is 720. The fourth-order valence-corrected chi connectivity index (χ4v) is 3.40. The number of aromatic nitrogens is 2. The molecule has 0 atom stereocenters. The quantitative estimate of drug-likeness (QED) is 0.902. The van der Waals surface area contributed by atoms with Gasteiger partial charge in [0.25, 0.3) is 0 Å². The smallest absolute Gasteiger partial charge is 0.136 e. The van der Waals surface area contributed by atoms with Crippen molar-refractivity contribution in [2.45, 2.75) is 34.1 Å². The molecule has 2 heterocycles. The SMILES string of the molecule is CCc1cccc(C)c1Nc1cc(N2CCN(CC)CC2)nc(C)n1. The highest BCUT2D eigenvalue weighted by Crippen LogP contribution is 2.26. The number of aryl methyl sites for hydroxylation is 3. The molecule has 0 bridgehead atoms. The molecule has 0 unspecified atom stereocenters. The van der Waals surface area contributed by atoms with Crippen LogP contribution in [-0.4, -0.2) is 47.6 Å². The summed E-state index contributed by atoms with van der Waals surface area (Å²) in [5, 5.41) is 3.54. The van der Waals surface area contributed by atoms with Crippen LogP contribution < -0.4 is 10.2 Å². The van der Waals surface area contributed by atoms with Gasteiger partial charge in [0.05, 0.1) is 0 Å². The molecule has 2 aromatic rings. The Hall–Kier alpha value is -2.14. The summed E-state index contributed by atoms with van der Waals surface area (Å²) in [6.45, 7) is 13.9. The monoisotopic (exact) mass is 339 g/mol. The Kier molecular flexibility index (Phi) is 5.53. The molecule has 1 aromatic heterocycles. The van der Waals surface area contributed by atoms with E-state index in [-0.39, 0.29) is 0 Å². The van der Waals surface area contributed by atoms with Gasteiger partial charge >= 0.3 is 0 Å². The van der Waals surface area contributed by atoms with Gasteiger partial charge in [0.1, 0.15) is 17.5 Å². The highest BCUT2D eigenvalue weighted by atomic mass is 15.3. The van der Waals surface area contributed by atoms with Crippen molar-refractivity contribution in [1.82, 2.24) is 14.9 Å². The Morgan fingerprint density at radius 3 is 2.48 bits per heavy atom. The first-order valence-electron chi connectivity index (χ1n) is 9.29. The van der Waals surface area contributed by atoms with E-state index in [1.807, 2.05) is 6.92 Å². The predicted molar refractivity (Wildman–Crippen MR) is 105 cm³/mol. The maximum atomic E-state index is 4.67. The maximum Gasteiger partial charge on any atom is 0.136 e. The molecule has 0 saturated carbocycles. The Balaban J connectivity index is 1.83. The van der Waals surface area contributed by atoms with Crippen LogP contribution in [0.2, 0.25) is 0 Å². The highest BCUT2D eigenvalue weighted by molar-refractivity contribution is 5.66. The lowest BCUT2D eigenvalue weighted by Gasteiger charge is -2.34. The van der Waals surface area contributed by atoms with E-state index in [9.17, 15) is 0 Å². The molecule has 25 heavy (non-hydrogen) atoms. The van der Waals surface area contributed by atoms with Gasteiger partial charge in [0.2, 0.25) is 0 Å². The van der Waals surface area contributed by atoms with Gasteiger partial charge in [0.15, 0.2) is 0 Å². The van der Waals surface area contributed by atoms with Crippen LogP contribution >= 0.6 is 0 Å². The van der Waals surface area contributed by atoms with E-state index in [1.54, 1.807) is 0 Å². The molecule has 1 N–H and O–H groups in total. The second-order valence-corrected chi connectivity index (χ2v) is 6.67. The molecule has 1 aliphatic heterocycles. The Morgan fingerprint density at radius 1 is 1.04 bits per heavy atom. The van der Waals surface area contributed by atoms with Crippen molar-refractivity contribution in [1.29, 1.82) is 0 Å². The average Bonchev–Trinajstić information content (AvgIpc) is 2.63. The third-order valence-electron chi connectivity index (χ3n) is 4.96. The molecule has 0 amide bonds. The minimum absolute atomic E-state index is 0.810. The van der Waals surface area contributed by atoms with Gasteiger partial charge in [-0.15, -0.1) is 0 Å². The first kappa shape index (κ1) is 17.7.